The summed E-state index contributed by atoms with van der Waals surface area (Å²) in [5.74, 6) is 0.251. The lowest BCUT2D eigenvalue weighted by Crippen LogP contribution is -2.14. The number of carbonyl (C=O) groups excluding carboxylic acids is 1. The highest BCUT2D eigenvalue weighted by atomic mass is 35.5. The second-order valence-electron chi connectivity index (χ2n) is 5.52. The first-order chi connectivity index (χ1) is 12.9. The van der Waals surface area contributed by atoms with Crippen LogP contribution in [0.5, 0.6) is 11.5 Å². The van der Waals surface area contributed by atoms with Gasteiger partial charge in [0.2, 0.25) is 0 Å². The minimum Gasteiger partial charge on any atom is -0.493 e. The van der Waals surface area contributed by atoms with Gasteiger partial charge in [0.05, 0.1) is 29.4 Å². The zero-order chi connectivity index (χ0) is 20.0. The molecule has 0 heterocycles. The van der Waals surface area contributed by atoms with E-state index in [1.807, 2.05) is 26.0 Å². The third kappa shape index (κ3) is 4.94. The summed E-state index contributed by atoms with van der Waals surface area (Å²) in [5.41, 5.74) is 1.69. The Kier molecular flexibility index (Phi) is 7.12. The summed E-state index contributed by atoms with van der Waals surface area (Å²) in [6.07, 6.45) is 1.42. The van der Waals surface area contributed by atoms with Crippen LogP contribution in [-0.4, -0.2) is 19.6 Å². The van der Waals surface area contributed by atoms with Gasteiger partial charge in [-0.15, -0.1) is 0 Å². The lowest BCUT2D eigenvalue weighted by molar-refractivity contribution is -0.112. The zero-order valence-electron chi connectivity index (χ0n) is 15.1. The highest BCUT2D eigenvalue weighted by molar-refractivity contribution is 6.34. The van der Waals surface area contributed by atoms with E-state index in [9.17, 15) is 10.1 Å². The van der Waals surface area contributed by atoms with Crippen LogP contribution in [0.25, 0.3) is 6.08 Å². The third-order valence-electron chi connectivity index (χ3n) is 3.68. The van der Waals surface area contributed by atoms with Crippen molar-refractivity contribution < 1.29 is 14.3 Å². The van der Waals surface area contributed by atoms with Gasteiger partial charge in [-0.05, 0) is 49.2 Å². The molecule has 0 saturated heterocycles. The fraction of sp³-hybridized carbons (Fsp3) is 0.200. The first kappa shape index (κ1) is 20.6. The lowest BCUT2D eigenvalue weighted by Gasteiger charge is -2.12. The Labute approximate surface area is 168 Å². The standard InChI is InChI=1S/C20H18Cl2N2O3/c1-4-27-19-16(22)9-13(10-17(19)26-3)8-14(11-23)20(25)24-18-12(2)6-5-7-15(18)21/h5-10H,4H2,1-3H3,(H,24,25)/b14-8+. The maximum absolute atomic E-state index is 12.5. The molecule has 0 aliphatic rings. The fourth-order valence-electron chi connectivity index (χ4n) is 2.39. The van der Waals surface area contributed by atoms with Crippen molar-refractivity contribution in [3.05, 3.63) is 57.1 Å². The fourth-order valence-corrected chi connectivity index (χ4v) is 2.94. The molecule has 2 rings (SSSR count). The molecule has 0 saturated carbocycles. The number of amides is 1. The normalized spacial score (nSPS) is 10.9. The van der Waals surface area contributed by atoms with E-state index in [0.717, 1.165) is 5.56 Å². The molecule has 0 fully saturated rings. The number of rotatable bonds is 6. The summed E-state index contributed by atoms with van der Waals surface area (Å²) in [6.45, 7) is 4.07. The van der Waals surface area contributed by atoms with E-state index >= 15 is 0 Å². The maximum Gasteiger partial charge on any atom is 0.266 e. The number of hydrogen-bond donors (Lipinski definition) is 1. The van der Waals surface area contributed by atoms with E-state index in [-0.39, 0.29) is 5.57 Å². The van der Waals surface area contributed by atoms with Crippen molar-refractivity contribution in [3.8, 4) is 17.6 Å². The molecule has 27 heavy (non-hydrogen) atoms. The Morgan fingerprint density at radius 3 is 2.63 bits per heavy atom. The summed E-state index contributed by atoms with van der Waals surface area (Å²) in [6, 6.07) is 10.4. The first-order valence-electron chi connectivity index (χ1n) is 8.09. The summed E-state index contributed by atoms with van der Waals surface area (Å²) in [5, 5.41) is 12.8. The molecule has 0 unspecified atom stereocenters. The average Bonchev–Trinajstić information content (AvgIpc) is 2.64. The van der Waals surface area contributed by atoms with Crippen molar-refractivity contribution in [2.24, 2.45) is 0 Å². The molecule has 0 bridgehead atoms. The number of benzene rings is 2. The van der Waals surface area contributed by atoms with Crippen molar-refractivity contribution in [1.82, 2.24) is 0 Å². The summed E-state index contributed by atoms with van der Waals surface area (Å²) in [4.78, 5) is 12.5. The van der Waals surface area contributed by atoms with Crippen LogP contribution >= 0.6 is 23.2 Å². The molecule has 0 aliphatic carbocycles. The molecule has 7 heteroatoms. The molecule has 2 aromatic rings. The molecular weight excluding hydrogens is 387 g/mol. The smallest absolute Gasteiger partial charge is 0.266 e. The molecule has 1 amide bonds. The third-order valence-corrected chi connectivity index (χ3v) is 4.27. The van der Waals surface area contributed by atoms with Crippen molar-refractivity contribution in [2.45, 2.75) is 13.8 Å². The second kappa shape index (κ2) is 9.31. The second-order valence-corrected chi connectivity index (χ2v) is 6.34. The maximum atomic E-state index is 12.5. The van der Waals surface area contributed by atoms with Crippen LogP contribution in [-0.2, 0) is 4.79 Å². The molecule has 140 valence electrons. The van der Waals surface area contributed by atoms with Gasteiger partial charge in [0.15, 0.2) is 11.5 Å². The van der Waals surface area contributed by atoms with Gasteiger partial charge in [-0.2, -0.15) is 5.26 Å². The van der Waals surface area contributed by atoms with Gasteiger partial charge in [0, 0.05) is 0 Å². The van der Waals surface area contributed by atoms with Crippen molar-refractivity contribution in [3.63, 3.8) is 0 Å². The number of anilines is 1. The van der Waals surface area contributed by atoms with Gasteiger partial charge >= 0.3 is 0 Å². The highest BCUT2D eigenvalue weighted by Crippen LogP contribution is 2.37. The van der Waals surface area contributed by atoms with Crippen molar-refractivity contribution in [1.29, 1.82) is 5.26 Å². The molecule has 0 radical (unpaired) electrons. The highest BCUT2D eigenvalue weighted by Gasteiger charge is 2.15. The monoisotopic (exact) mass is 404 g/mol. The molecule has 2 aromatic carbocycles. The van der Waals surface area contributed by atoms with Gasteiger partial charge in [-0.1, -0.05) is 35.3 Å². The van der Waals surface area contributed by atoms with Crippen molar-refractivity contribution >= 4 is 40.9 Å². The minimum atomic E-state index is -0.572. The Balaban J connectivity index is 2.37. The quantitative estimate of drug-likeness (QED) is 0.526. The Morgan fingerprint density at radius 1 is 1.30 bits per heavy atom. The van der Waals surface area contributed by atoms with Crippen LogP contribution in [0, 0.1) is 18.3 Å². The number of carbonyl (C=O) groups is 1. The van der Waals surface area contributed by atoms with E-state index in [0.29, 0.717) is 39.4 Å². The number of halogens is 2. The van der Waals surface area contributed by atoms with E-state index in [2.05, 4.69) is 5.32 Å². The number of methoxy groups -OCH3 is 1. The Hall–Kier alpha value is -2.68. The largest absolute Gasteiger partial charge is 0.493 e. The number of aryl methyl sites for hydroxylation is 1. The van der Waals surface area contributed by atoms with Crippen LogP contribution in [0.3, 0.4) is 0 Å². The van der Waals surface area contributed by atoms with Crippen LogP contribution in [0.15, 0.2) is 35.9 Å². The van der Waals surface area contributed by atoms with Crippen molar-refractivity contribution in [2.75, 3.05) is 19.0 Å². The number of nitrogens with one attached hydrogen (secondary N) is 1. The molecule has 5 nitrogen and oxygen atoms in total. The molecule has 0 aromatic heterocycles. The van der Waals surface area contributed by atoms with Crippen LogP contribution in [0.1, 0.15) is 18.1 Å². The zero-order valence-corrected chi connectivity index (χ0v) is 16.6. The number of ether oxygens (including phenoxy) is 2. The van der Waals surface area contributed by atoms with Gasteiger partial charge in [0.25, 0.3) is 5.91 Å². The summed E-state index contributed by atoms with van der Waals surface area (Å²) >= 11 is 12.4. The topological polar surface area (TPSA) is 71.3 Å². The Bertz CT molecular complexity index is 913. The van der Waals surface area contributed by atoms with E-state index < -0.39 is 5.91 Å². The number of hydrogen-bond acceptors (Lipinski definition) is 4. The summed E-state index contributed by atoms with van der Waals surface area (Å²) in [7, 11) is 1.49. The number of nitrogens with zero attached hydrogens (tertiary/aromatic N) is 1. The van der Waals surface area contributed by atoms with E-state index in [4.69, 9.17) is 32.7 Å². The van der Waals surface area contributed by atoms with Crippen LogP contribution in [0.2, 0.25) is 10.0 Å². The molecular formula is C20H18Cl2N2O3. The molecule has 0 atom stereocenters. The lowest BCUT2D eigenvalue weighted by atomic mass is 10.1. The first-order valence-corrected chi connectivity index (χ1v) is 8.85. The summed E-state index contributed by atoms with van der Waals surface area (Å²) < 4.78 is 10.7. The van der Waals surface area contributed by atoms with E-state index in [1.54, 1.807) is 24.3 Å². The minimum absolute atomic E-state index is 0.100. The Morgan fingerprint density at radius 2 is 2.04 bits per heavy atom. The van der Waals surface area contributed by atoms with Crippen LogP contribution < -0.4 is 14.8 Å². The number of nitriles is 1. The molecule has 1 N–H and O–H groups in total. The SMILES string of the molecule is CCOc1c(Cl)cc(/C=C(\C#N)C(=O)Nc2c(C)cccc2Cl)cc1OC. The van der Waals surface area contributed by atoms with E-state index in [1.165, 1.54) is 13.2 Å². The van der Waals surface area contributed by atoms with Gasteiger partial charge in [0.1, 0.15) is 11.6 Å². The van der Waals surface area contributed by atoms with Gasteiger partial charge in [-0.3, -0.25) is 4.79 Å². The average molecular weight is 405 g/mol. The van der Waals surface area contributed by atoms with Crippen LogP contribution in [0.4, 0.5) is 5.69 Å². The molecule has 0 spiro atoms. The van der Waals surface area contributed by atoms with Gasteiger partial charge in [-0.25, -0.2) is 0 Å². The number of para-hydroxylation sites is 1. The molecule has 0 aliphatic heterocycles. The predicted octanol–water partition coefficient (Wildman–Crippen LogP) is 5.25. The predicted molar refractivity (Wildman–Crippen MR) is 108 cm³/mol. The van der Waals surface area contributed by atoms with Gasteiger partial charge < -0.3 is 14.8 Å².